The number of halogens is 1. The van der Waals surface area contributed by atoms with Crippen molar-refractivity contribution >= 4 is 11.6 Å². The monoisotopic (exact) mass is 247 g/mol. The van der Waals surface area contributed by atoms with Crippen LogP contribution in [0.15, 0.2) is 24.5 Å². The van der Waals surface area contributed by atoms with Gasteiger partial charge < -0.3 is 9.30 Å². The summed E-state index contributed by atoms with van der Waals surface area (Å²) in [5.74, 6) is 0.602. The van der Waals surface area contributed by atoms with Crippen molar-refractivity contribution in [2.24, 2.45) is 7.05 Å². The Kier molecular flexibility index (Phi) is 3.03. The SMILES string of the molecule is COc1ccc(-c2ncn(C)c2C#N)cc1Cl. The second-order valence-electron chi connectivity index (χ2n) is 3.51. The van der Waals surface area contributed by atoms with Crippen LogP contribution < -0.4 is 4.74 Å². The fourth-order valence-corrected chi connectivity index (χ4v) is 1.84. The molecule has 0 radical (unpaired) electrons. The van der Waals surface area contributed by atoms with E-state index in [4.69, 9.17) is 21.6 Å². The van der Waals surface area contributed by atoms with Gasteiger partial charge in [0.25, 0.3) is 0 Å². The number of nitrogens with zero attached hydrogens (tertiary/aromatic N) is 3. The molecule has 0 bridgehead atoms. The average Bonchev–Trinajstić information content (AvgIpc) is 2.70. The van der Waals surface area contributed by atoms with Crippen molar-refractivity contribution in [3.63, 3.8) is 0 Å². The van der Waals surface area contributed by atoms with E-state index in [-0.39, 0.29) is 0 Å². The lowest BCUT2D eigenvalue weighted by Gasteiger charge is -2.04. The Balaban J connectivity index is 2.54. The zero-order chi connectivity index (χ0) is 12.4. The van der Waals surface area contributed by atoms with Gasteiger partial charge in [0.2, 0.25) is 0 Å². The molecule has 1 aromatic heterocycles. The van der Waals surface area contributed by atoms with Gasteiger partial charge in [0.15, 0.2) is 0 Å². The van der Waals surface area contributed by atoms with E-state index in [0.29, 0.717) is 22.2 Å². The summed E-state index contributed by atoms with van der Waals surface area (Å²) in [4.78, 5) is 4.19. The van der Waals surface area contributed by atoms with Crippen molar-refractivity contribution in [3.8, 4) is 23.1 Å². The highest BCUT2D eigenvalue weighted by Crippen LogP contribution is 2.30. The molecule has 1 aromatic carbocycles. The zero-order valence-electron chi connectivity index (χ0n) is 9.44. The molecule has 0 amide bonds. The lowest BCUT2D eigenvalue weighted by Crippen LogP contribution is -1.91. The molecule has 2 rings (SSSR count). The van der Waals surface area contributed by atoms with Crippen molar-refractivity contribution in [1.29, 1.82) is 5.26 Å². The first-order valence-corrected chi connectivity index (χ1v) is 5.30. The lowest BCUT2D eigenvalue weighted by atomic mass is 10.1. The molecule has 0 N–H and O–H groups in total. The fourth-order valence-electron chi connectivity index (χ4n) is 1.59. The Labute approximate surface area is 104 Å². The van der Waals surface area contributed by atoms with Gasteiger partial charge in [-0.1, -0.05) is 11.6 Å². The molecule has 0 fully saturated rings. The predicted molar refractivity (Wildman–Crippen MR) is 64.9 cm³/mol. The molecule has 1 heterocycles. The molecule has 0 atom stereocenters. The molecular formula is C12H10ClN3O. The van der Waals surface area contributed by atoms with E-state index in [9.17, 15) is 0 Å². The molecule has 2 aromatic rings. The summed E-state index contributed by atoms with van der Waals surface area (Å²) in [7, 11) is 3.34. The maximum absolute atomic E-state index is 9.05. The van der Waals surface area contributed by atoms with Gasteiger partial charge in [-0.3, -0.25) is 0 Å². The Hall–Kier alpha value is -1.99. The lowest BCUT2D eigenvalue weighted by molar-refractivity contribution is 0.415. The summed E-state index contributed by atoms with van der Waals surface area (Å²) in [5.41, 5.74) is 1.93. The van der Waals surface area contributed by atoms with E-state index in [0.717, 1.165) is 5.56 Å². The minimum absolute atomic E-state index is 0.500. The Morgan fingerprint density at radius 1 is 1.47 bits per heavy atom. The van der Waals surface area contributed by atoms with Crippen LogP contribution in [0.3, 0.4) is 0 Å². The normalized spacial score (nSPS) is 10.0. The summed E-state index contributed by atoms with van der Waals surface area (Å²) in [6.45, 7) is 0. The standard InChI is InChI=1S/C12H10ClN3O/c1-16-7-15-12(10(16)6-14)8-3-4-11(17-2)9(13)5-8/h3-5,7H,1-2H3. The molecule has 0 saturated carbocycles. The first-order valence-electron chi connectivity index (χ1n) is 4.92. The van der Waals surface area contributed by atoms with Gasteiger partial charge >= 0.3 is 0 Å². The molecule has 0 saturated heterocycles. The summed E-state index contributed by atoms with van der Waals surface area (Å²) < 4.78 is 6.75. The van der Waals surface area contributed by atoms with Crippen LogP contribution >= 0.6 is 11.6 Å². The number of benzene rings is 1. The summed E-state index contributed by atoms with van der Waals surface area (Å²) in [5, 5.41) is 9.55. The number of aromatic nitrogens is 2. The Morgan fingerprint density at radius 2 is 2.24 bits per heavy atom. The van der Waals surface area contributed by atoms with Crippen LogP contribution in [-0.4, -0.2) is 16.7 Å². The van der Waals surface area contributed by atoms with E-state index in [1.165, 1.54) is 0 Å². The maximum atomic E-state index is 9.05. The van der Waals surface area contributed by atoms with Crippen LogP contribution in [0.5, 0.6) is 5.75 Å². The minimum Gasteiger partial charge on any atom is -0.495 e. The number of methoxy groups -OCH3 is 1. The topological polar surface area (TPSA) is 50.8 Å². The van der Waals surface area contributed by atoms with Gasteiger partial charge in [-0.25, -0.2) is 4.98 Å². The van der Waals surface area contributed by atoms with Crippen LogP contribution in [0.25, 0.3) is 11.3 Å². The molecular weight excluding hydrogens is 238 g/mol. The third-order valence-electron chi connectivity index (χ3n) is 2.47. The van der Waals surface area contributed by atoms with Crippen LogP contribution in [0.4, 0.5) is 0 Å². The zero-order valence-corrected chi connectivity index (χ0v) is 10.2. The highest BCUT2D eigenvalue weighted by molar-refractivity contribution is 6.32. The second-order valence-corrected chi connectivity index (χ2v) is 3.92. The number of rotatable bonds is 2. The average molecular weight is 248 g/mol. The number of nitriles is 1. The van der Waals surface area contributed by atoms with Gasteiger partial charge in [0.05, 0.1) is 18.5 Å². The van der Waals surface area contributed by atoms with E-state index < -0.39 is 0 Å². The number of ether oxygens (including phenoxy) is 1. The van der Waals surface area contributed by atoms with Crippen molar-refractivity contribution < 1.29 is 4.74 Å². The smallest absolute Gasteiger partial charge is 0.147 e. The van der Waals surface area contributed by atoms with Crippen LogP contribution in [0.1, 0.15) is 5.69 Å². The third kappa shape index (κ3) is 1.97. The van der Waals surface area contributed by atoms with Gasteiger partial charge in [0.1, 0.15) is 23.2 Å². The summed E-state index contributed by atoms with van der Waals surface area (Å²) in [6.07, 6.45) is 1.60. The van der Waals surface area contributed by atoms with E-state index in [2.05, 4.69) is 11.1 Å². The number of imidazole rings is 1. The summed E-state index contributed by atoms with van der Waals surface area (Å²) in [6, 6.07) is 7.44. The van der Waals surface area contributed by atoms with Gasteiger partial charge in [-0.15, -0.1) is 0 Å². The van der Waals surface area contributed by atoms with E-state index >= 15 is 0 Å². The second kappa shape index (κ2) is 4.48. The number of aryl methyl sites for hydroxylation is 1. The molecule has 0 aliphatic rings. The van der Waals surface area contributed by atoms with Crippen LogP contribution in [-0.2, 0) is 7.05 Å². The Bertz CT molecular complexity index is 598. The van der Waals surface area contributed by atoms with Crippen molar-refractivity contribution in [2.45, 2.75) is 0 Å². The van der Waals surface area contributed by atoms with Crippen molar-refractivity contribution in [3.05, 3.63) is 35.2 Å². The van der Waals surface area contributed by atoms with Crippen molar-refractivity contribution in [1.82, 2.24) is 9.55 Å². The van der Waals surface area contributed by atoms with Gasteiger partial charge in [0, 0.05) is 12.6 Å². The number of hydrogen-bond acceptors (Lipinski definition) is 3. The van der Waals surface area contributed by atoms with Crippen LogP contribution in [0.2, 0.25) is 5.02 Å². The molecule has 17 heavy (non-hydrogen) atoms. The molecule has 4 nitrogen and oxygen atoms in total. The fraction of sp³-hybridized carbons (Fsp3) is 0.167. The predicted octanol–water partition coefficient (Wildman–Crippen LogP) is 2.62. The molecule has 0 aliphatic heterocycles. The Morgan fingerprint density at radius 3 is 2.82 bits per heavy atom. The van der Waals surface area contributed by atoms with Gasteiger partial charge in [-0.05, 0) is 18.2 Å². The summed E-state index contributed by atoms with van der Waals surface area (Å²) >= 11 is 6.04. The largest absolute Gasteiger partial charge is 0.495 e. The molecule has 0 aliphatic carbocycles. The van der Waals surface area contributed by atoms with Gasteiger partial charge in [-0.2, -0.15) is 5.26 Å². The van der Waals surface area contributed by atoms with E-state index in [1.807, 2.05) is 6.07 Å². The van der Waals surface area contributed by atoms with Crippen LogP contribution in [0, 0.1) is 11.3 Å². The first-order chi connectivity index (χ1) is 8.17. The van der Waals surface area contributed by atoms with Crippen molar-refractivity contribution in [2.75, 3.05) is 7.11 Å². The quantitative estimate of drug-likeness (QED) is 0.820. The first kappa shape index (κ1) is 11.5. The maximum Gasteiger partial charge on any atom is 0.147 e. The third-order valence-corrected chi connectivity index (χ3v) is 2.76. The minimum atomic E-state index is 0.500. The molecule has 5 heteroatoms. The highest BCUT2D eigenvalue weighted by Gasteiger charge is 2.12. The molecule has 0 spiro atoms. The molecule has 0 unspecified atom stereocenters. The molecule has 86 valence electrons. The number of hydrogen-bond donors (Lipinski definition) is 0. The van der Waals surface area contributed by atoms with E-state index in [1.54, 1.807) is 37.2 Å². The highest BCUT2D eigenvalue weighted by atomic mass is 35.5.